The lowest BCUT2D eigenvalue weighted by Gasteiger charge is -2.45. The average molecular weight is 531 g/mol. The molecule has 0 aromatic carbocycles. The van der Waals surface area contributed by atoms with Crippen LogP contribution in [-0.2, 0) is 23.8 Å². The van der Waals surface area contributed by atoms with E-state index < -0.39 is 0 Å². The second-order valence-corrected chi connectivity index (χ2v) is 15.7. The molecule has 0 aromatic rings. The molecule has 6 fully saturated rings. The summed E-state index contributed by atoms with van der Waals surface area (Å²) in [4.78, 5) is 23.9. The van der Waals surface area contributed by atoms with Crippen molar-refractivity contribution in [1.29, 1.82) is 0 Å². The molecule has 0 amide bonds. The topological polar surface area (TPSA) is 61.8 Å². The molecule has 0 aromatic heterocycles. The van der Waals surface area contributed by atoms with Gasteiger partial charge in [-0.2, -0.15) is 0 Å². The molecule has 0 radical (unpaired) electrons. The predicted molar refractivity (Wildman–Crippen MR) is 148 cm³/mol. The highest BCUT2D eigenvalue weighted by atomic mass is 16.7. The van der Waals surface area contributed by atoms with E-state index in [1.54, 1.807) is 0 Å². The minimum atomic E-state index is -0.0417. The van der Waals surface area contributed by atoms with Gasteiger partial charge in [0.1, 0.15) is 6.10 Å². The van der Waals surface area contributed by atoms with Gasteiger partial charge < -0.3 is 14.2 Å². The molecule has 0 N–H and O–H groups in total. The van der Waals surface area contributed by atoms with Crippen LogP contribution < -0.4 is 0 Å². The number of ether oxygens (including phenoxy) is 3. The van der Waals surface area contributed by atoms with Gasteiger partial charge in [0.15, 0.2) is 6.79 Å². The van der Waals surface area contributed by atoms with E-state index in [0.29, 0.717) is 53.3 Å². The molecule has 6 saturated carbocycles. The molecule has 216 valence electrons. The first-order valence-corrected chi connectivity index (χ1v) is 15.8. The summed E-state index contributed by atoms with van der Waals surface area (Å²) in [6.45, 7) is 16.7. The van der Waals surface area contributed by atoms with Gasteiger partial charge in [-0.05, 0) is 122 Å². The van der Waals surface area contributed by atoms with E-state index in [1.807, 2.05) is 0 Å². The van der Waals surface area contributed by atoms with Gasteiger partial charge in [-0.25, -0.2) is 0 Å². The Balaban J connectivity index is 0.000000374. The maximum atomic E-state index is 13.0. The third kappa shape index (κ3) is 5.44. The van der Waals surface area contributed by atoms with Gasteiger partial charge in [0.25, 0.3) is 6.47 Å². The Kier molecular flexibility index (Phi) is 8.27. The van der Waals surface area contributed by atoms with Crippen molar-refractivity contribution in [2.75, 3.05) is 6.79 Å². The standard InChI is InChI=1S/C26H38O5.C7H16/c1-13-3-15-5-14(2)25(18(4-13)6-15)30-12-31-26(28)20-8-16-7-19(20)24-21-9-17(23(16)24)10-22(21)29-11-27;1-6(2)7(3,4)5/h11,13-25H,3-10,12H2,1-2H3;6H,1-5H3. The minimum Gasteiger partial charge on any atom is -0.464 e. The van der Waals surface area contributed by atoms with Gasteiger partial charge in [-0.3, -0.25) is 9.59 Å². The highest BCUT2D eigenvalue weighted by molar-refractivity contribution is 5.73. The Morgan fingerprint density at radius 1 is 0.868 bits per heavy atom. The molecule has 6 rings (SSSR count). The van der Waals surface area contributed by atoms with Crippen molar-refractivity contribution in [2.24, 2.45) is 76.4 Å². The highest BCUT2D eigenvalue weighted by Gasteiger charge is 2.66. The van der Waals surface area contributed by atoms with Crippen molar-refractivity contribution in [3.63, 3.8) is 0 Å². The van der Waals surface area contributed by atoms with Crippen LogP contribution in [0.4, 0.5) is 0 Å². The maximum Gasteiger partial charge on any atom is 0.311 e. The van der Waals surface area contributed by atoms with Crippen LogP contribution in [0.5, 0.6) is 0 Å². The van der Waals surface area contributed by atoms with E-state index >= 15 is 0 Å². The molecule has 6 aliphatic rings. The monoisotopic (exact) mass is 530 g/mol. The zero-order valence-corrected chi connectivity index (χ0v) is 25.1. The second kappa shape index (κ2) is 11.1. The van der Waals surface area contributed by atoms with Crippen LogP contribution >= 0.6 is 0 Å². The molecular formula is C33H54O5. The molecule has 6 bridgehead atoms. The number of hydrogen-bond donors (Lipinski definition) is 0. The fraction of sp³-hybridized carbons (Fsp3) is 0.939. The van der Waals surface area contributed by atoms with E-state index in [-0.39, 0.29) is 30.9 Å². The molecule has 6 aliphatic carbocycles. The summed E-state index contributed by atoms with van der Waals surface area (Å²) >= 11 is 0. The molecule has 13 atom stereocenters. The molecule has 38 heavy (non-hydrogen) atoms. The van der Waals surface area contributed by atoms with Gasteiger partial charge in [-0.1, -0.05) is 48.5 Å². The molecule has 0 heterocycles. The smallest absolute Gasteiger partial charge is 0.311 e. The van der Waals surface area contributed by atoms with Crippen molar-refractivity contribution < 1.29 is 23.8 Å². The molecule has 0 saturated heterocycles. The van der Waals surface area contributed by atoms with Gasteiger partial charge in [-0.15, -0.1) is 0 Å². The fourth-order valence-electron chi connectivity index (χ4n) is 10.0. The third-order valence-electron chi connectivity index (χ3n) is 12.3. The van der Waals surface area contributed by atoms with Crippen LogP contribution in [0.2, 0.25) is 0 Å². The van der Waals surface area contributed by atoms with Crippen LogP contribution in [0.25, 0.3) is 0 Å². The normalized spacial score (nSPS) is 46.4. The van der Waals surface area contributed by atoms with E-state index in [0.717, 1.165) is 42.9 Å². The average Bonchev–Trinajstić information content (AvgIpc) is 3.59. The number of esters is 1. The van der Waals surface area contributed by atoms with Gasteiger partial charge >= 0.3 is 5.97 Å². The number of fused-ring (bicyclic) bond motifs is 11. The lowest BCUT2D eigenvalue weighted by Crippen LogP contribution is -2.43. The van der Waals surface area contributed by atoms with Crippen LogP contribution in [0.1, 0.15) is 99.8 Å². The SMILES string of the molecule is CC(C)C(C)(C)C.CC1CC2CC(C)C(OCOC(=O)C3CC4CC3C3C5CC(CC5OC=O)C43)C(C1)C2. The zero-order valence-electron chi connectivity index (χ0n) is 25.1. The molecule has 5 nitrogen and oxygen atoms in total. The Bertz CT molecular complexity index is 843. The summed E-state index contributed by atoms with van der Waals surface area (Å²) in [6.07, 6.45) is 9.87. The summed E-state index contributed by atoms with van der Waals surface area (Å²) in [5.41, 5.74) is 0.500. The second-order valence-electron chi connectivity index (χ2n) is 15.7. The number of hydrogen-bond acceptors (Lipinski definition) is 5. The first kappa shape index (κ1) is 28.4. The van der Waals surface area contributed by atoms with Crippen molar-refractivity contribution >= 4 is 12.4 Å². The van der Waals surface area contributed by atoms with Gasteiger partial charge in [0.2, 0.25) is 0 Å². The first-order valence-electron chi connectivity index (χ1n) is 15.8. The van der Waals surface area contributed by atoms with Gasteiger partial charge in [0, 0.05) is 0 Å². The van der Waals surface area contributed by atoms with E-state index in [4.69, 9.17) is 14.2 Å². The molecule has 5 heteroatoms. The Morgan fingerprint density at radius 2 is 1.55 bits per heavy atom. The number of rotatable bonds is 6. The molecule has 0 spiro atoms. The lowest BCUT2D eigenvalue weighted by atomic mass is 9.64. The Morgan fingerprint density at radius 3 is 2.24 bits per heavy atom. The summed E-state index contributed by atoms with van der Waals surface area (Å²) in [5.74, 6) is 7.18. The van der Waals surface area contributed by atoms with E-state index in [2.05, 4.69) is 48.5 Å². The highest BCUT2D eigenvalue weighted by Crippen LogP contribution is 2.69. The van der Waals surface area contributed by atoms with Crippen molar-refractivity contribution in [2.45, 2.75) is 112 Å². The molecule has 0 aliphatic heterocycles. The van der Waals surface area contributed by atoms with E-state index in [9.17, 15) is 9.59 Å². The van der Waals surface area contributed by atoms with Crippen molar-refractivity contribution in [3.05, 3.63) is 0 Å². The lowest BCUT2D eigenvalue weighted by molar-refractivity contribution is -0.181. The largest absolute Gasteiger partial charge is 0.464 e. The quantitative estimate of drug-likeness (QED) is 0.158. The minimum absolute atomic E-state index is 0.0222. The summed E-state index contributed by atoms with van der Waals surface area (Å²) in [5, 5.41) is 0. The first-order chi connectivity index (χ1) is 18.0. The van der Waals surface area contributed by atoms with Crippen LogP contribution in [0.3, 0.4) is 0 Å². The predicted octanol–water partition coefficient (Wildman–Crippen LogP) is 7.12. The Hall–Kier alpha value is -1.10. The van der Waals surface area contributed by atoms with Crippen molar-refractivity contribution in [3.8, 4) is 0 Å². The summed E-state index contributed by atoms with van der Waals surface area (Å²) < 4.78 is 17.4. The Labute approximate surface area is 231 Å². The summed E-state index contributed by atoms with van der Waals surface area (Å²) in [7, 11) is 0. The van der Waals surface area contributed by atoms with Crippen LogP contribution in [0, 0.1) is 76.4 Å². The van der Waals surface area contributed by atoms with Gasteiger partial charge in [0.05, 0.1) is 12.0 Å². The molecule has 13 unspecified atom stereocenters. The fourth-order valence-corrected chi connectivity index (χ4v) is 10.0. The zero-order chi connectivity index (χ0) is 27.4. The summed E-state index contributed by atoms with van der Waals surface area (Å²) in [6, 6.07) is 0. The molecular weight excluding hydrogens is 476 g/mol. The van der Waals surface area contributed by atoms with Crippen molar-refractivity contribution in [1.82, 2.24) is 0 Å². The van der Waals surface area contributed by atoms with Crippen LogP contribution in [-0.4, -0.2) is 31.4 Å². The van der Waals surface area contributed by atoms with E-state index in [1.165, 1.54) is 32.1 Å². The number of carbonyl (C=O) groups is 2. The maximum absolute atomic E-state index is 13.0. The van der Waals surface area contributed by atoms with Crippen LogP contribution in [0.15, 0.2) is 0 Å². The number of carbonyl (C=O) groups excluding carboxylic acids is 2. The third-order valence-corrected chi connectivity index (χ3v) is 12.3.